The van der Waals surface area contributed by atoms with Gasteiger partial charge in [0, 0.05) is 64.1 Å². The van der Waals surface area contributed by atoms with E-state index in [2.05, 4.69) is 214 Å². The van der Waals surface area contributed by atoms with Gasteiger partial charge in [-0.25, -0.2) is 9.97 Å². The summed E-state index contributed by atoms with van der Waals surface area (Å²) in [5.41, 5.74) is 16.8. The van der Waals surface area contributed by atoms with Crippen LogP contribution >= 0.6 is 0 Å². The minimum absolute atomic E-state index is 0.461. The van der Waals surface area contributed by atoms with Crippen LogP contribution in [0.1, 0.15) is 313 Å². The molecule has 8 aromatic rings. The minimum atomic E-state index is -3.22. The summed E-state index contributed by atoms with van der Waals surface area (Å²) in [5.74, 6) is 10.4. The molecule has 8 bridgehead atoms. The van der Waals surface area contributed by atoms with Gasteiger partial charge in [-0.05, 0) is 192 Å². The van der Waals surface area contributed by atoms with E-state index in [9.17, 15) is 0 Å². The summed E-state index contributed by atoms with van der Waals surface area (Å²) in [5, 5.41) is 0.889. The Kier molecular flexibility index (Phi) is 38.1. The van der Waals surface area contributed by atoms with Gasteiger partial charge in [-0.15, -0.1) is 0 Å². The molecule has 2 N–H and O–H groups in total. The molecule has 3 aromatic heterocycles. The van der Waals surface area contributed by atoms with Gasteiger partial charge in [0.15, 0.2) is 0 Å². The third-order valence-electron chi connectivity index (χ3n) is 22.0. The van der Waals surface area contributed by atoms with Crippen LogP contribution in [0.25, 0.3) is 68.6 Å². The van der Waals surface area contributed by atoms with E-state index in [1.165, 1.54) is 152 Å². The zero-order chi connectivity index (χ0) is 80.5. The van der Waals surface area contributed by atoms with Crippen LogP contribution in [-0.2, 0) is 26.1 Å². The van der Waals surface area contributed by atoms with Gasteiger partial charge >= 0.3 is 8.80 Å². The molecule has 5 aromatic carbocycles. The Morgan fingerprint density at radius 1 is 0.313 bits per heavy atom. The summed E-state index contributed by atoms with van der Waals surface area (Å²) in [4.78, 5) is 22.6. The largest absolute Gasteiger partial charge is 0.537 e. The molecular weight excluding hydrogens is 1440 g/mol. The lowest BCUT2D eigenvalue weighted by atomic mass is 10.0. The lowest BCUT2D eigenvalue weighted by Crippen LogP contribution is -2.56. The van der Waals surface area contributed by atoms with E-state index in [1.54, 1.807) is 0 Å². The van der Waals surface area contributed by atoms with Crippen LogP contribution < -0.4 is 29.0 Å². The first-order valence-electron chi connectivity index (χ1n) is 45.2. The number of fused-ring (bicyclic) bond motifs is 8. The Labute approximate surface area is 692 Å². The molecule has 0 radical (unpaired) electrons. The fraction of sp³-hybridized carbons (Fsp3) is 0.490. The molecule has 0 amide bonds. The number of H-pyrrole nitrogens is 2. The average Bonchev–Trinajstić information content (AvgIpc) is 1.63. The molecule has 616 valence electrons. The van der Waals surface area contributed by atoms with Gasteiger partial charge in [0.1, 0.15) is 23.0 Å². The van der Waals surface area contributed by atoms with E-state index in [0.29, 0.717) is 57.5 Å². The SMILES string of the molecule is CCCCCCCCOc1cccc(OCCCCCCCC)c1-c1c2nc(c(N(c3ccc(CCCCCC)cc3)c3ccc(CCCCCC)cc3)c3ccc([nH]3)c(-c3c(OCCCCCCCC)cccc3OCCCCCCCC)c3nc(c(C#Cc4ccc([Si](OCC)(OCC)OCC)cc4)c4ccc1[nH]4)C=C3)C=C2. The Balaban J connectivity index is 1.31. The van der Waals surface area contributed by atoms with Gasteiger partial charge in [-0.1, -0.05) is 269 Å². The third kappa shape index (κ3) is 25.9. The van der Waals surface area contributed by atoms with Crippen molar-refractivity contribution < 1.29 is 32.2 Å². The van der Waals surface area contributed by atoms with E-state index in [0.717, 1.165) is 189 Å². The monoisotopic (exact) mass is 1570 g/mol. The highest BCUT2D eigenvalue weighted by Gasteiger charge is 2.43. The topological polar surface area (TPSA) is 125 Å². The highest BCUT2D eigenvalue weighted by Crippen LogP contribution is 2.48. The molecule has 2 aliphatic heterocycles. The Morgan fingerprint density at radius 3 is 1.05 bits per heavy atom. The normalized spacial score (nSPS) is 11.9. The van der Waals surface area contributed by atoms with Crippen molar-refractivity contribution in [3.05, 3.63) is 178 Å². The minimum Gasteiger partial charge on any atom is -0.493 e. The number of aromatic nitrogens is 4. The van der Waals surface area contributed by atoms with Crippen LogP contribution in [0, 0.1) is 11.8 Å². The van der Waals surface area contributed by atoms with Crippen LogP contribution in [0.5, 0.6) is 23.0 Å². The molecule has 0 aliphatic carbocycles. The first kappa shape index (κ1) is 88.7. The number of ether oxygens (including phenoxy) is 4. The summed E-state index contributed by atoms with van der Waals surface area (Å²) in [6.07, 6.45) is 47.9. The number of benzene rings is 5. The van der Waals surface area contributed by atoms with Crippen molar-refractivity contribution in [3.63, 3.8) is 0 Å². The number of nitrogens with zero attached hydrogens (tertiary/aromatic N) is 3. The molecular formula is C102H137N5O7Si. The Hall–Kier alpha value is -8.64. The highest BCUT2D eigenvalue weighted by molar-refractivity contribution is 6.75. The second-order valence-electron chi connectivity index (χ2n) is 31.2. The van der Waals surface area contributed by atoms with Crippen molar-refractivity contribution >= 4 is 77.4 Å². The van der Waals surface area contributed by atoms with E-state index in [-0.39, 0.29) is 0 Å². The van der Waals surface area contributed by atoms with Gasteiger partial charge in [0.2, 0.25) is 0 Å². The van der Waals surface area contributed by atoms with Crippen molar-refractivity contribution in [1.82, 2.24) is 19.9 Å². The van der Waals surface area contributed by atoms with Gasteiger partial charge < -0.3 is 47.1 Å². The number of anilines is 3. The predicted octanol–water partition coefficient (Wildman–Crippen LogP) is 28.3. The maximum atomic E-state index is 7.14. The molecule has 13 heteroatoms. The van der Waals surface area contributed by atoms with E-state index in [1.807, 2.05) is 32.9 Å². The second kappa shape index (κ2) is 49.4. The quantitative estimate of drug-likeness (QED) is 0.0216. The molecule has 5 heterocycles. The molecule has 0 fully saturated rings. The van der Waals surface area contributed by atoms with Gasteiger partial charge in [0.25, 0.3) is 0 Å². The van der Waals surface area contributed by atoms with Crippen molar-refractivity contribution in [2.45, 2.75) is 281 Å². The predicted molar refractivity (Wildman–Crippen MR) is 488 cm³/mol. The molecule has 0 unspecified atom stereocenters. The number of unbranched alkanes of at least 4 members (excludes halogenated alkanes) is 26. The van der Waals surface area contributed by atoms with Crippen LogP contribution in [0.15, 0.2) is 133 Å². The van der Waals surface area contributed by atoms with E-state index in [4.69, 9.17) is 42.2 Å². The van der Waals surface area contributed by atoms with Crippen molar-refractivity contribution in [2.24, 2.45) is 0 Å². The standard InChI is InChI=1S/C102H137N5O7Si/c1-10-19-25-31-35-41-75-108-94-49-45-50-95(109-76-42-36-32-26-20-11-2)100(94)98-88-69-67-86(103-88)85(66-59-81-57-64-84(65-58-81)115(112-16-7,113-17-8)114-18-9)87-68-70-89(104-87)99(101-96(110-77-43-37-33-27-21-12-3)51-46-52-97(101)111-78-44-38-34-28-22-13-4)91-72-74-93(106-91)102(92-73-71-90(98)105-92)107(82-60-53-79(54-61-82)47-39-29-23-14-5)83-62-55-80(56-63-83)48-40-30-24-15-6/h45-46,49-58,60-65,67-74,103,106H,10-44,47-48,75-78H2,1-9H3. The third-order valence-corrected chi connectivity index (χ3v) is 25.1. The van der Waals surface area contributed by atoms with Crippen LogP contribution in [0.4, 0.5) is 17.1 Å². The van der Waals surface area contributed by atoms with Crippen LogP contribution in [0.3, 0.4) is 0 Å². The van der Waals surface area contributed by atoms with Crippen LogP contribution in [0.2, 0.25) is 0 Å². The smallest absolute Gasteiger partial charge is 0.493 e. The fourth-order valence-electron chi connectivity index (χ4n) is 15.7. The van der Waals surface area contributed by atoms with Crippen LogP contribution in [-0.4, -0.2) is 75.0 Å². The number of aryl methyl sites for hydroxylation is 2. The average molecular weight is 1570 g/mol. The van der Waals surface area contributed by atoms with Crippen molar-refractivity contribution in [2.75, 3.05) is 51.1 Å². The maximum Gasteiger partial charge on any atom is 0.537 e. The summed E-state index contributed by atoms with van der Waals surface area (Å²) >= 11 is 0. The molecule has 10 rings (SSSR count). The first-order chi connectivity index (χ1) is 56.7. The lowest BCUT2D eigenvalue weighted by Gasteiger charge is -2.28. The number of hydrogen-bond donors (Lipinski definition) is 2. The number of rotatable bonds is 54. The number of nitrogens with one attached hydrogen (secondary N) is 2. The molecule has 0 saturated heterocycles. The van der Waals surface area contributed by atoms with Gasteiger partial charge in [0.05, 0.1) is 82.6 Å². The molecule has 0 atom stereocenters. The number of hydrogen-bond acceptors (Lipinski definition) is 10. The zero-order valence-corrected chi connectivity index (χ0v) is 72.7. The Bertz CT molecular complexity index is 4280. The molecule has 0 spiro atoms. The van der Waals surface area contributed by atoms with E-state index >= 15 is 0 Å². The van der Waals surface area contributed by atoms with Gasteiger partial charge in [-0.3, -0.25) is 0 Å². The van der Waals surface area contributed by atoms with E-state index < -0.39 is 8.80 Å². The lowest BCUT2D eigenvalue weighted by molar-refractivity contribution is 0.0859. The summed E-state index contributed by atoms with van der Waals surface area (Å²) in [6, 6.07) is 48.3. The highest BCUT2D eigenvalue weighted by atomic mass is 28.4. The van der Waals surface area contributed by atoms with Crippen molar-refractivity contribution in [3.8, 4) is 57.1 Å². The summed E-state index contributed by atoms with van der Waals surface area (Å²) in [7, 11) is -3.22. The first-order valence-corrected chi connectivity index (χ1v) is 46.9. The molecule has 115 heavy (non-hydrogen) atoms. The zero-order valence-electron chi connectivity index (χ0n) is 71.7. The maximum absolute atomic E-state index is 7.14. The molecule has 12 nitrogen and oxygen atoms in total. The summed E-state index contributed by atoms with van der Waals surface area (Å²) < 4.78 is 47.8. The number of aromatic amines is 2. The molecule has 2 aliphatic rings. The molecule has 0 saturated carbocycles. The fourth-order valence-corrected chi connectivity index (χ4v) is 18.2. The second-order valence-corrected chi connectivity index (χ2v) is 33.7. The van der Waals surface area contributed by atoms with Crippen molar-refractivity contribution in [1.29, 1.82) is 0 Å². The summed E-state index contributed by atoms with van der Waals surface area (Å²) in [6.45, 7) is 23.3. The van der Waals surface area contributed by atoms with Gasteiger partial charge in [-0.2, -0.15) is 0 Å². The Morgan fingerprint density at radius 2 is 0.652 bits per heavy atom.